The number of aryl methyl sites for hydroxylation is 1. The third-order valence-electron chi connectivity index (χ3n) is 2.36. The number of carboxylic acids is 1. The molecule has 0 bridgehead atoms. The van der Waals surface area contributed by atoms with Gasteiger partial charge in [-0.1, -0.05) is 6.07 Å². The molecule has 1 rings (SSSR count). The van der Waals surface area contributed by atoms with Crippen LogP contribution in [0.5, 0.6) is 0 Å². The highest BCUT2D eigenvalue weighted by Crippen LogP contribution is 2.18. The first-order valence-electron chi connectivity index (χ1n) is 5.10. The Hall–Kier alpha value is -1.47. The fraction of sp³-hybridized carbons (Fsp3) is 0.364. The van der Waals surface area contributed by atoms with Crippen molar-refractivity contribution in [3.05, 3.63) is 29.6 Å². The van der Waals surface area contributed by atoms with E-state index in [1.54, 1.807) is 0 Å². The number of hydrogen-bond donors (Lipinski definition) is 2. The number of halogens is 1. The summed E-state index contributed by atoms with van der Waals surface area (Å²) < 4.78 is 39.1. The summed E-state index contributed by atoms with van der Waals surface area (Å²) in [5.41, 5.74) is -1.33. The summed E-state index contributed by atoms with van der Waals surface area (Å²) in [6.07, 6.45) is 0. The number of carboxylic acid groups (broad SMARTS) is 1. The van der Waals surface area contributed by atoms with Gasteiger partial charge in [-0.3, -0.25) is 4.79 Å². The van der Waals surface area contributed by atoms with Gasteiger partial charge in [0.25, 0.3) is 0 Å². The Bertz CT molecular complexity index is 581. The number of hydrogen-bond acceptors (Lipinski definition) is 3. The lowest BCUT2D eigenvalue weighted by Crippen LogP contribution is -2.49. The minimum atomic E-state index is -4.09. The van der Waals surface area contributed by atoms with E-state index in [9.17, 15) is 17.6 Å². The number of sulfonamides is 1. The number of aliphatic carboxylic acids is 1. The van der Waals surface area contributed by atoms with Gasteiger partial charge in [-0.2, -0.15) is 4.72 Å². The van der Waals surface area contributed by atoms with Crippen LogP contribution >= 0.6 is 0 Å². The molecule has 1 aromatic carbocycles. The van der Waals surface area contributed by atoms with Crippen molar-refractivity contribution in [1.82, 2.24) is 4.72 Å². The maximum absolute atomic E-state index is 13.1. The molecule has 0 fully saturated rings. The summed E-state index contributed by atoms with van der Waals surface area (Å²) in [6, 6.07) is 3.31. The molecule has 0 aliphatic heterocycles. The lowest BCUT2D eigenvalue weighted by molar-refractivity contribution is -0.142. The van der Waals surface area contributed by atoms with Gasteiger partial charge in [0, 0.05) is 0 Å². The highest BCUT2D eigenvalue weighted by molar-refractivity contribution is 7.89. The van der Waals surface area contributed by atoms with E-state index in [0.717, 1.165) is 12.1 Å². The van der Waals surface area contributed by atoms with E-state index in [1.807, 2.05) is 4.72 Å². The van der Waals surface area contributed by atoms with Crippen molar-refractivity contribution in [2.45, 2.75) is 31.2 Å². The molecule has 0 spiro atoms. The maximum atomic E-state index is 13.1. The van der Waals surface area contributed by atoms with Gasteiger partial charge in [0.05, 0.1) is 4.90 Å². The standard InChI is InChI=1S/C11H14FNO4S/c1-7-4-5-8(12)6-9(7)18(16,17)13-11(2,3)10(14)15/h4-6,13H,1-3H3,(H,14,15). The number of carbonyl (C=O) groups is 1. The summed E-state index contributed by atoms with van der Waals surface area (Å²) in [4.78, 5) is 10.6. The van der Waals surface area contributed by atoms with Gasteiger partial charge >= 0.3 is 5.97 Å². The molecule has 1 aromatic rings. The van der Waals surface area contributed by atoms with E-state index in [0.29, 0.717) is 5.56 Å². The molecule has 0 aliphatic rings. The molecule has 7 heteroatoms. The number of nitrogens with one attached hydrogen (secondary N) is 1. The second-order valence-corrected chi connectivity index (χ2v) is 6.10. The summed E-state index contributed by atoms with van der Waals surface area (Å²) in [5.74, 6) is -2.02. The molecular weight excluding hydrogens is 261 g/mol. The van der Waals surface area contributed by atoms with Crippen molar-refractivity contribution in [3.8, 4) is 0 Å². The summed E-state index contributed by atoms with van der Waals surface area (Å²) in [5, 5.41) is 8.87. The van der Waals surface area contributed by atoms with E-state index in [-0.39, 0.29) is 4.90 Å². The fourth-order valence-electron chi connectivity index (χ4n) is 1.30. The zero-order valence-electron chi connectivity index (χ0n) is 10.2. The quantitative estimate of drug-likeness (QED) is 0.867. The van der Waals surface area contributed by atoms with Crippen molar-refractivity contribution in [3.63, 3.8) is 0 Å². The zero-order chi connectivity index (χ0) is 14.1. The van der Waals surface area contributed by atoms with Gasteiger partial charge in [0.15, 0.2) is 0 Å². The monoisotopic (exact) mass is 275 g/mol. The Kier molecular flexibility index (Phi) is 3.78. The Morgan fingerprint density at radius 3 is 2.44 bits per heavy atom. The molecule has 5 nitrogen and oxygen atoms in total. The molecule has 0 aliphatic carbocycles. The van der Waals surface area contributed by atoms with Crippen LogP contribution in [0.4, 0.5) is 4.39 Å². The second-order valence-electron chi connectivity index (χ2n) is 4.45. The van der Waals surface area contributed by atoms with Crippen LogP contribution in [0.1, 0.15) is 19.4 Å². The lowest BCUT2D eigenvalue weighted by Gasteiger charge is -2.21. The van der Waals surface area contributed by atoms with Crippen LogP contribution in [0.15, 0.2) is 23.1 Å². The van der Waals surface area contributed by atoms with Gasteiger partial charge in [-0.25, -0.2) is 12.8 Å². The van der Waals surface area contributed by atoms with E-state index in [4.69, 9.17) is 5.11 Å². The Morgan fingerprint density at radius 1 is 1.39 bits per heavy atom. The molecule has 2 N–H and O–H groups in total. The highest BCUT2D eigenvalue weighted by Gasteiger charge is 2.33. The Morgan fingerprint density at radius 2 is 1.94 bits per heavy atom. The molecule has 0 aromatic heterocycles. The Balaban J connectivity index is 3.23. The minimum Gasteiger partial charge on any atom is -0.480 e. The molecule has 0 saturated carbocycles. The lowest BCUT2D eigenvalue weighted by atomic mass is 10.1. The zero-order valence-corrected chi connectivity index (χ0v) is 11.0. The topological polar surface area (TPSA) is 83.5 Å². The van der Waals surface area contributed by atoms with Crippen LogP contribution in [0.2, 0.25) is 0 Å². The molecule has 18 heavy (non-hydrogen) atoms. The summed E-state index contributed by atoms with van der Waals surface area (Å²) in [6.45, 7) is 3.92. The molecular formula is C11H14FNO4S. The van der Waals surface area contributed by atoms with E-state index in [2.05, 4.69) is 0 Å². The molecule has 0 saturated heterocycles. The molecule has 0 heterocycles. The molecule has 0 amide bonds. The van der Waals surface area contributed by atoms with Gasteiger partial charge in [0.2, 0.25) is 10.0 Å². The average Bonchev–Trinajstić information content (AvgIpc) is 2.19. The van der Waals surface area contributed by atoms with Crippen molar-refractivity contribution < 1.29 is 22.7 Å². The van der Waals surface area contributed by atoms with Crippen LogP contribution < -0.4 is 4.72 Å². The van der Waals surface area contributed by atoms with Crippen molar-refractivity contribution in [2.24, 2.45) is 0 Å². The van der Waals surface area contributed by atoms with E-state index in [1.165, 1.54) is 26.8 Å². The highest BCUT2D eigenvalue weighted by atomic mass is 32.2. The van der Waals surface area contributed by atoms with Gasteiger partial charge in [-0.15, -0.1) is 0 Å². The van der Waals surface area contributed by atoms with Gasteiger partial charge < -0.3 is 5.11 Å². The maximum Gasteiger partial charge on any atom is 0.324 e. The van der Waals surface area contributed by atoms with E-state index >= 15 is 0 Å². The molecule has 100 valence electrons. The molecule has 0 radical (unpaired) electrons. The van der Waals surface area contributed by atoms with Crippen LogP contribution in [-0.2, 0) is 14.8 Å². The summed E-state index contributed by atoms with van der Waals surface area (Å²) in [7, 11) is -4.09. The van der Waals surface area contributed by atoms with Crippen molar-refractivity contribution >= 4 is 16.0 Å². The predicted octanol–water partition coefficient (Wildman–Crippen LogP) is 1.28. The van der Waals surface area contributed by atoms with Crippen molar-refractivity contribution in [1.29, 1.82) is 0 Å². The molecule has 0 unspecified atom stereocenters. The predicted molar refractivity (Wildman–Crippen MR) is 63.2 cm³/mol. The first-order valence-corrected chi connectivity index (χ1v) is 6.58. The number of rotatable bonds is 4. The Labute approximate surface area is 105 Å². The van der Waals surface area contributed by atoms with E-state index < -0.39 is 27.3 Å². The largest absolute Gasteiger partial charge is 0.480 e. The van der Waals surface area contributed by atoms with Gasteiger partial charge in [-0.05, 0) is 38.5 Å². The fourth-order valence-corrected chi connectivity index (χ4v) is 2.93. The van der Waals surface area contributed by atoms with Crippen LogP contribution in [0.3, 0.4) is 0 Å². The number of benzene rings is 1. The first-order chi connectivity index (χ1) is 8.06. The average molecular weight is 275 g/mol. The van der Waals surface area contributed by atoms with Crippen LogP contribution in [0, 0.1) is 12.7 Å². The summed E-state index contributed by atoms with van der Waals surface area (Å²) >= 11 is 0. The van der Waals surface area contributed by atoms with Crippen LogP contribution in [0.25, 0.3) is 0 Å². The smallest absolute Gasteiger partial charge is 0.324 e. The van der Waals surface area contributed by atoms with Gasteiger partial charge in [0.1, 0.15) is 11.4 Å². The minimum absolute atomic E-state index is 0.267. The second kappa shape index (κ2) is 4.66. The third kappa shape index (κ3) is 3.05. The SMILES string of the molecule is Cc1ccc(F)cc1S(=O)(=O)NC(C)(C)C(=O)O. The third-order valence-corrected chi connectivity index (χ3v) is 4.16. The first kappa shape index (κ1) is 14.6. The normalized spacial score (nSPS) is 12.4. The van der Waals surface area contributed by atoms with Crippen LogP contribution in [-0.4, -0.2) is 25.0 Å². The van der Waals surface area contributed by atoms with Crippen molar-refractivity contribution in [2.75, 3.05) is 0 Å². The molecule has 0 atom stereocenters.